The molecule has 0 saturated carbocycles. The molecule has 0 saturated heterocycles. The molecule has 0 fully saturated rings. The fourth-order valence-electron chi connectivity index (χ4n) is 1.81. The largest absolute Gasteiger partial charge is 0.477 e. The van der Waals surface area contributed by atoms with Crippen molar-refractivity contribution < 1.29 is 9.90 Å². The minimum atomic E-state index is -1.06. The number of aromatic nitrogens is 2. The molecule has 20 heavy (non-hydrogen) atoms. The van der Waals surface area contributed by atoms with Crippen LogP contribution in [0.3, 0.4) is 0 Å². The van der Waals surface area contributed by atoms with Crippen LogP contribution in [0.25, 0.3) is 0 Å². The van der Waals surface area contributed by atoms with Gasteiger partial charge in [0.1, 0.15) is 0 Å². The quantitative estimate of drug-likeness (QED) is 0.938. The number of aryl methyl sites for hydroxylation is 1. The number of nitrogens with zero attached hydrogens (tertiary/aromatic N) is 3. The summed E-state index contributed by atoms with van der Waals surface area (Å²) in [5.74, 6) is -0.685. The molecule has 0 atom stereocenters. The van der Waals surface area contributed by atoms with Gasteiger partial charge in [0.25, 0.3) is 0 Å². The van der Waals surface area contributed by atoms with Gasteiger partial charge in [0.15, 0.2) is 5.69 Å². The maximum absolute atomic E-state index is 11.0. The van der Waals surface area contributed by atoms with Gasteiger partial charge in [-0.05, 0) is 30.7 Å². The highest BCUT2D eigenvalue weighted by molar-refractivity contribution is 6.30. The van der Waals surface area contributed by atoms with E-state index in [1.807, 2.05) is 18.2 Å². The van der Waals surface area contributed by atoms with E-state index in [1.54, 1.807) is 24.9 Å². The first-order valence-corrected chi connectivity index (χ1v) is 6.38. The van der Waals surface area contributed by atoms with E-state index >= 15 is 0 Å². The molecule has 5 nitrogen and oxygen atoms in total. The van der Waals surface area contributed by atoms with Gasteiger partial charge < -0.3 is 10.0 Å². The maximum atomic E-state index is 11.0. The van der Waals surface area contributed by atoms with Crippen molar-refractivity contribution in [2.75, 3.05) is 11.9 Å². The molecule has 2 aromatic rings. The summed E-state index contributed by atoms with van der Waals surface area (Å²) in [4.78, 5) is 21.1. The van der Waals surface area contributed by atoms with Gasteiger partial charge >= 0.3 is 5.97 Å². The standard InChI is InChI=1S/C14H14ClN3O2/c1-9-6-12(13(19)20)17-14(16-9)18(2)8-10-4-3-5-11(15)7-10/h3-7H,8H2,1-2H3,(H,19,20). The smallest absolute Gasteiger partial charge is 0.354 e. The lowest BCUT2D eigenvalue weighted by Gasteiger charge is -2.18. The minimum absolute atomic E-state index is 0.00885. The number of halogens is 1. The Morgan fingerprint density at radius 3 is 2.75 bits per heavy atom. The van der Waals surface area contributed by atoms with Gasteiger partial charge in [0.2, 0.25) is 5.95 Å². The Labute approximate surface area is 121 Å². The molecule has 0 radical (unpaired) electrons. The predicted octanol–water partition coefficient (Wildman–Crippen LogP) is 2.77. The summed E-state index contributed by atoms with van der Waals surface area (Å²) in [6.07, 6.45) is 0. The van der Waals surface area contributed by atoms with E-state index in [2.05, 4.69) is 9.97 Å². The molecular weight excluding hydrogens is 278 g/mol. The van der Waals surface area contributed by atoms with Crippen LogP contribution in [0, 0.1) is 6.92 Å². The molecule has 2 rings (SSSR count). The molecule has 1 N–H and O–H groups in total. The van der Waals surface area contributed by atoms with Gasteiger partial charge in [-0.3, -0.25) is 0 Å². The van der Waals surface area contributed by atoms with Gasteiger partial charge in [0, 0.05) is 24.3 Å². The van der Waals surface area contributed by atoms with Crippen LogP contribution in [-0.2, 0) is 6.54 Å². The van der Waals surface area contributed by atoms with Crippen molar-refractivity contribution in [1.29, 1.82) is 0 Å². The molecule has 1 aromatic heterocycles. The van der Waals surface area contributed by atoms with E-state index in [0.717, 1.165) is 5.56 Å². The van der Waals surface area contributed by atoms with E-state index in [-0.39, 0.29) is 5.69 Å². The molecule has 0 unspecified atom stereocenters. The lowest BCUT2D eigenvalue weighted by atomic mass is 10.2. The average molecular weight is 292 g/mol. The minimum Gasteiger partial charge on any atom is -0.477 e. The van der Waals surface area contributed by atoms with Gasteiger partial charge in [0.05, 0.1) is 0 Å². The highest BCUT2D eigenvalue weighted by Gasteiger charge is 2.12. The summed E-state index contributed by atoms with van der Waals surface area (Å²) in [6.45, 7) is 2.29. The normalized spacial score (nSPS) is 10.3. The van der Waals surface area contributed by atoms with Crippen LogP contribution in [0.15, 0.2) is 30.3 Å². The Morgan fingerprint density at radius 1 is 1.35 bits per heavy atom. The van der Waals surface area contributed by atoms with Gasteiger partial charge in [-0.2, -0.15) is 0 Å². The summed E-state index contributed by atoms with van der Waals surface area (Å²) >= 11 is 5.94. The first-order chi connectivity index (χ1) is 9.45. The first-order valence-electron chi connectivity index (χ1n) is 6.00. The van der Waals surface area contributed by atoms with Crippen LogP contribution in [0.5, 0.6) is 0 Å². The molecule has 104 valence electrons. The second-order valence-electron chi connectivity index (χ2n) is 4.49. The number of anilines is 1. The monoisotopic (exact) mass is 291 g/mol. The Bertz CT molecular complexity index is 646. The van der Waals surface area contributed by atoms with Crippen LogP contribution in [0.1, 0.15) is 21.7 Å². The number of rotatable bonds is 4. The molecule has 6 heteroatoms. The van der Waals surface area contributed by atoms with E-state index in [1.165, 1.54) is 6.07 Å². The Balaban J connectivity index is 2.25. The fourth-order valence-corrected chi connectivity index (χ4v) is 2.03. The Kier molecular flexibility index (Phi) is 4.20. The average Bonchev–Trinajstić information content (AvgIpc) is 2.37. The van der Waals surface area contributed by atoms with Crippen LogP contribution >= 0.6 is 11.6 Å². The lowest BCUT2D eigenvalue weighted by Crippen LogP contribution is -2.20. The molecule has 0 spiro atoms. The first kappa shape index (κ1) is 14.3. The number of benzene rings is 1. The second kappa shape index (κ2) is 5.88. The highest BCUT2D eigenvalue weighted by Crippen LogP contribution is 2.15. The van der Waals surface area contributed by atoms with Gasteiger partial charge in [-0.15, -0.1) is 0 Å². The summed E-state index contributed by atoms with van der Waals surface area (Å²) < 4.78 is 0. The van der Waals surface area contributed by atoms with Crippen LogP contribution in [0.2, 0.25) is 5.02 Å². The molecule has 0 aliphatic heterocycles. The number of aromatic carboxylic acids is 1. The molecule has 0 aliphatic carbocycles. The number of hydrogen-bond acceptors (Lipinski definition) is 4. The fraction of sp³-hybridized carbons (Fsp3) is 0.214. The van der Waals surface area contributed by atoms with Gasteiger partial charge in [-0.1, -0.05) is 23.7 Å². The Morgan fingerprint density at radius 2 is 2.10 bits per heavy atom. The van der Waals surface area contributed by atoms with Crippen molar-refractivity contribution in [3.63, 3.8) is 0 Å². The third-order valence-corrected chi connectivity index (χ3v) is 2.95. The SMILES string of the molecule is Cc1cc(C(=O)O)nc(N(C)Cc2cccc(Cl)c2)n1. The molecule has 0 bridgehead atoms. The zero-order valence-electron chi connectivity index (χ0n) is 11.2. The van der Waals surface area contributed by atoms with Crippen molar-refractivity contribution >= 4 is 23.5 Å². The molecule has 1 aromatic carbocycles. The molecular formula is C14H14ClN3O2. The van der Waals surface area contributed by atoms with E-state index in [4.69, 9.17) is 16.7 Å². The van der Waals surface area contributed by atoms with Crippen LogP contribution < -0.4 is 4.90 Å². The third kappa shape index (κ3) is 3.45. The third-order valence-electron chi connectivity index (χ3n) is 2.71. The molecule has 0 amide bonds. The number of carboxylic acid groups (broad SMARTS) is 1. The zero-order chi connectivity index (χ0) is 14.7. The second-order valence-corrected chi connectivity index (χ2v) is 4.92. The van der Waals surface area contributed by atoms with Crippen molar-refractivity contribution in [3.8, 4) is 0 Å². The Hall–Kier alpha value is -2.14. The van der Waals surface area contributed by atoms with E-state index < -0.39 is 5.97 Å². The summed E-state index contributed by atoms with van der Waals surface area (Å²) in [7, 11) is 1.81. The van der Waals surface area contributed by atoms with Crippen LogP contribution in [0.4, 0.5) is 5.95 Å². The molecule has 1 heterocycles. The van der Waals surface area contributed by atoms with Gasteiger partial charge in [-0.25, -0.2) is 14.8 Å². The van der Waals surface area contributed by atoms with Crippen molar-refractivity contribution in [1.82, 2.24) is 9.97 Å². The predicted molar refractivity (Wildman–Crippen MR) is 77.3 cm³/mol. The number of carboxylic acids is 1. The zero-order valence-corrected chi connectivity index (χ0v) is 11.9. The topological polar surface area (TPSA) is 66.3 Å². The summed E-state index contributed by atoms with van der Waals surface area (Å²) in [6, 6.07) is 8.91. The van der Waals surface area contributed by atoms with Crippen molar-refractivity contribution in [2.24, 2.45) is 0 Å². The van der Waals surface area contributed by atoms with Crippen LogP contribution in [-0.4, -0.2) is 28.1 Å². The van der Waals surface area contributed by atoms with Crippen molar-refractivity contribution in [3.05, 3.63) is 52.3 Å². The van der Waals surface area contributed by atoms with E-state index in [9.17, 15) is 4.79 Å². The number of carbonyl (C=O) groups is 1. The molecule has 0 aliphatic rings. The lowest BCUT2D eigenvalue weighted by molar-refractivity contribution is 0.0690. The summed E-state index contributed by atoms with van der Waals surface area (Å²) in [5, 5.41) is 9.67. The van der Waals surface area contributed by atoms with E-state index in [0.29, 0.717) is 23.2 Å². The summed E-state index contributed by atoms with van der Waals surface area (Å²) in [5.41, 5.74) is 1.61. The van der Waals surface area contributed by atoms with Crippen molar-refractivity contribution in [2.45, 2.75) is 13.5 Å². The highest BCUT2D eigenvalue weighted by atomic mass is 35.5. The maximum Gasteiger partial charge on any atom is 0.354 e. The number of hydrogen-bond donors (Lipinski definition) is 1.